The van der Waals surface area contributed by atoms with Crippen LogP contribution in [0.15, 0.2) is 12.2 Å². The molecule has 0 fully saturated rings. The van der Waals surface area contributed by atoms with E-state index in [2.05, 4.69) is 14.8 Å². The van der Waals surface area contributed by atoms with Gasteiger partial charge in [-0.15, -0.1) is 0 Å². The summed E-state index contributed by atoms with van der Waals surface area (Å²) in [5.41, 5.74) is 11.0. The summed E-state index contributed by atoms with van der Waals surface area (Å²) in [5, 5.41) is 2.27. The van der Waals surface area contributed by atoms with E-state index in [0.29, 0.717) is 12.8 Å². The minimum absolute atomic E-state index is 0.264. The Bertz CT molecular complexity index is 449. The van der Waals surface area contributed by atoms with Crippen LogP contribution in [0.4, 0.5) is 0 Å². The Morgan fingerprint density at radius 2 is 1.68 bits per heavy atom. The van der Waals surface area contributed by atoms with Crippen LogP contribution in [-0.4, -0.2) is 49.6 Å². The number of ether oxygens (including phenoxy) is 2. The molecular formula is C13H21N3O6. The number of hydrogen-bond acceptors (Lipinski definition) is 8. The molecule has 0 bridgehead atoms. The zero-order valence-electron chi connectivity index (χ0n) is 12.5. The van der Waals surface area contributed by atoms with E-state index in [1.54, 1.807) is 0 Å². The average molecular weight is 315 g/mol. The van der Waals surface area contributed by atoms with Gasteiger partial charge in [0.15, 0.2) is 0 Å². The molecule has 1 amide bonds. The highest BCUT2D eigenvalue weighted by Crippen LogP contribution is 1.97. The van der Waals surface area contributed by atoms with Gasteiger partial charge in [-0.3, -0.25) is 4.79 Å². The first-order chi connectivity index (χ1) is 10.3. The lowest BCUT2D eigenvalue weighted by molar-refractivity contribution is -0.161. The van der Waals surface area contributed by atoms with Crippen LogP contribution in [0.2, 0.25) is 0 Å². The van der Waals surface area contributed by atoms with E-state index < -0.39 is 35.9 Å². The van der Waals surface area contributed by atoms with Crippen molar-refractivity contribution in [1.29, 1.82) is 0 Å². The lowest BCUT2D eigenvalue weighted by Gasteiger charge is -2.13. The number of carbonyl (C=O) groups excluding carboxylic acids is 4. The van der Waals surface area contributed by atoms with Crippen molar-refractivity contribution in [2.45, 2.75) is 31.8 Å². The number of amides is 1. The molecule has 9 nitrogen and oxygen atoms in total. The lowest BCUT2D eigenvalue weighted by Crippen LogP contribution is -2.45. The highest BCUT2D eigenvalue weighted by molar-refractivity contribution is 5.95. The Hall–Kier alpha value is -2.26. The summed E-state index contributed by atoms with van der Waals surface area (Å²) in [6.07, 6.45) is 2.88. The van der Waals surface area contributed by atoms with E-state index in [4.69, 9.17) is 11.5 Å². The third-order valence-electron chi connectivity index (χ3n) is 2.47. The Morgan fingerprint density at radius 1 is 1.09 bits per heavy atom. The molecule has 124 valence electrons. The highest BCUT2D eigenvalue weighted by atomic mass is 16.6. The van der Waals surface area contributed by atoms with E-state index in [1.807, 2.05) is 6.92 Å². The van der Waals surface area contributed by atoms with Crippen molar-refractivity contribution in [2.75, 3.05) is 13.7 Å². The summed E-state index contributed by atoms with van der Waals surface area (Å²) in [6, 6.07) is -2.12. The second-order valence-electron chi connectivity index (χ2n) is 4.34. The van der Waals surface area contributed by atoms with Gasteiger partial charge in [0.05, 0.1) is 7.11 Å². The molecule has 0 aromatic heterocycles. The van der Waals surface area contributed by atoms with Crippen molar-refractivity contribution >= 4 is 23.8 Å². The standard InChI is InChI=1S/C13H21N3O6/c1-3-4-8(14)12(19)22-13(20)9(15)7-16-10(17)5-6-11(18)21-2/h5-6,8-9H,3-4,7,14-15H2,1-2H3,(H,16,17)/b6-5+/t8-,9-/m0/s1. The Labute approximate surface area is 128 Å². The predicted molar refractivity (Wildman–Crippen MR) is 76.1 cm³/mol. The van der Waals surface area contributed by atoms with Crippen molar-refractivity contribution in [3.63, 3.8) is 0 Å². The van der Waals surface area contributed by atoms with E-state index >= 15 is 0 Å². The molecule has 0 spiro atoms. The minimum Gasteiger partial charge on any atom is -0.466 e. The average Bonchev–Trinajstić information content (AvgIpc) is 2.49. The van der Waals surface area contributed by atoms with Gasteiger partial charge in [-0.25, -0.2) is 14.4 Å². The second kappa shape index (κ2) is 10.5. The molecular weight excluding hydrogens is 294 g/mol. The summed E-state index contributed by atoms with van der Waals surface area (Å²) >= 11 is 0. The van der Waals surface area contributed by atoms with E-state index in [-0.39, 0.29) is 6.54 Å². The van der Waals surface area contributed by atoms with Crippen LogP contribution in [0.3, 0.4) is 0 Å². The zero-order chi connectivity index (χ0) is 17.1. The Balaban J connectivity index is 4.20. The minimum atomic E-state index is -1.23. The lowest BCUT2D eigenvalue weighted by atomic mass is 10.2. The third kappa shape index (κ3) is 8.12. The van der Waals surface area contributed by atoms with Crippen molar-refractivity contribution in [2.24, 2.45) is 11.5 Å². The fourth-order valence-electron chi connectivity index (χ4n) is 1.24. The molecule has 0 aliphatic heterocycles. The van der Waals surface area contributed by atoms with Gasteiger partial charge >= 0.3 is 17.9 Å². The fraction of sp³-hybridized carbons (Fsp3) is 0.538. The van der Waals surface area contributed by atoms with Gasteiger partial charge in [0.2, 0.25) is 5.91 Å². The number of carbonyl (C=O) groups is 4. The third-order valence-corrected chi connectivity index (χ3v) is 2.47. The molecule has 0 rings (SSSR count). The maximum absolute atomic E-state index is 11.5. The molecule has 0 aliphatic rings. The maximum atomic E-state index is 11.5. The SMILES string of the molecule is CCC[C@H](N)C(=O)OC(=O)[C@@H](N)CNC(=O)/C=C/C(=O)OC. The fourth-order valence-corrected chi connectivity index (χ4v) is 1.24. The zero-order valence-corrected chi connectivity index (χ0v) is 12.5. The number of esters is 3. The highest BCUT2D eigenvalue weighted by Gasteiger charge is 2.22. The molecule has 0 aromatic carbocycles. The van der Waals surface area contributed by atoms with Crippen LogP contribution in [0.5, 0.6) is 0 Å². The van der Waals surface area contributed by atoms with Crippen LogP contribution < -0.4 is 16.8 Å². The van der Waals surface area contributed by atoms with Crippen LogP contribution in [-0.2, 0) is 28.7 Å². The molecule has 0 unspecified atom stereocenters. The number of nitrogens with one attached hydrogen (secondary N) is 1. The first-order valence-corrected chi connectivity index (χ1v) is 6.62. The first kappa shape index (κ1) is 19.7. The molecule has 0 saturated heterocycles. The normalized spacial score (nSPS) is 13.3. The molecule has 0 aromatic rings. The van der Waals surface area contributed by atoms with Gasteiger partial charge in [-0.05, 0) is 6.42 Å². The topological polar surface area (TPSA) is 151 Å². The molecule has 9 heteroatoms. The maximum Gasteiger partial charge on any atom is 0.332 e. The van der Waals surface area contributed by atoms with E-state index in [9.17, 15) is 19.2 Å². The smallest absolute Gasteiger partial charge is 0.332 e. The van der Waals surface area contributed by atoms with Crippen molar-refractivity contribution in [3.8, 4) is 0 Å². The van der Waals surface area contributed by atoms with Gasteiger partial charge in [0.25, 0.3) is 0 Å². The van der Waals surface area contributed by atoms with E-state index in [1.165, 1.54) is 0 Å². The van der Waals surface area contributed by atoms with Gasteiger partial charge in [-0.2, -0.15) is 0 Å². The number of hydrogen-bond donors (Lipinski definition) is 3. The number of methoxy groups -OCH3 is 1. The quantitative estimate of drug-likeness (QED) is 0.274. The van der Waals surface area contributed by atoms with Crippen molar-refractivity contribution < 1.29 is 28.7 Å². The molecule has 0 aliphatic carbocycles. The van der Waals surface area contributed by atoms with Crippen LogP contribution in [0.1, 0.15) is 19.8 Å². The van der Waals surface area contributed by atoms with Crippen LogP contribution in [0.25, 0.3) is 0 Å². The van der Waals surface area contributed by atoms with Crippen LogP contribution in [0, 0.1) is 0 Å². The number of nitrogens with two attached hydrogens (primary N) is 2. The summed E-state index contributed by atoms with van der Waals surface area (Å²) in [4.78, 5) is 45.0. The molecule has 0 heterocycles. The largest absolute Gasteiger partial charge is 0.466 e. The van der Waals surface area contributed by atoms with Crippen LogP contribution >= 0.6 is 0 Å². The van der Waals surface area contributed by atoms with Gasteiger partial charge in [0, 0.05) is 18.7 Å². The number of rotatable bonds is 8. The summed E-state index contributed by atoms with van der Waals surface area (Å²) in [6.45, 7) is 1.57. The van der Waals surface area contributed by atoms with Gasteiger partial charge < -0.3 is 26.3 Å². The van der Waals surface area contributed by atoms with Crippen molar-refractivity contribution in [1.82, 2.24) is 5.32 Å². The first-order valence-electron chi connectivity index (χ1n) is 6.62. The summed E-state index contributed by atoms with van der Waals surface area (Å²) < 4.78 is 8.80. The van der Waals surface area contributed by atoms with Crippen molar-refractivity contribution in [3.05, 3.63) is 12.2 Å². The molecule has 5 N–H and O–H groups in total. The predicted octanol–water partition coefficient (Wildman–Crippen LogP) is -1.64. The molecule has 2 atom stereocenters. The summed E-state index contributed by atoms with van der Waals surface area (Å²) in [5.74, 6) is -3.20. The molecule has 0 saturated carbocycles. The molecule has 22 heavy (non-hydrogen) atoms. The van der Waals surface area contributed by atoms with E-state index in [0.717, 1.165) is 19.3 Å². The second-order valence-corrected chi connectivity index (χ2v) is 4.34. The van der Waals surface area contributed by atoms with Gasteiger partial charge in [-0.1, -0.05) is 13.3 Å². The molecule has 0 radical (unpaired) electrons. The Morgan fingerprint density at radius 3 is 2.23 bits per heavy atom. The Kier molecular flexibility index (Phi) is 9.39. The monoisotopic (exact) mass is 315 g/mol. The van der Waals surface area contributed by atoms with Gasteiger partial charge in [0.1, 0.15) is 12.1 Å². The summed E-state index contributed by atoms with van der Waals surface area (Å²) in [7, 11) is 1.16.